The fourth-order valence-electron chi connectivity index (χ4n) is 2.77. The first-order valence-corrected chi connectivity index (χ1v) is 11.3. The van der Waals surface area contributed by atoms with Crippen LogP contribution in [0.4, 0.5) is 5.13 Å². The summed E-state index contributed by atoms with van der Waals surface area (Å²) in [6.45, 7) is 5.44. The number of nitrogens with two attached hydrogens (primary N) is 1. The lowest BCUT2D eigenvalue weighted by atomic mass is 10.1. The standard InChI is InChI=1S/C17H21N5O5S2/c1-2-14(23)22(16-19-20-17(28-16)29(18,25)26)15(24)13-5-3-12(4-6-13)11-21-7-9-27-10-8-21/h3-6H,2,7-11H2,1H3,(H2,18,25,26). The summed E-state index contributed by atoms with van der Waals surface area (Å²) in [6, 6.07) is 6.92. The molecule has 2 aromatic rings. The lowest BCUT2D eigenvalue weighted by Gasteiger charge is -2.26. The minimum atomic E-state index is -4.08. The topological polar surface area (TPSA) is 136 Å². The lowest BCUT2D eigenvalue weighted by molar-refractivity contribution is -0.117. The summed E-state index contributed by atoms with van der Waals surface area (Å²) >= 11 is 0.572. The minimum absolute atomic E-state index is 0.0329. The van der Waals surface area contributed by atoms with Gasteiger partial charge in [0.05, 0.1) is 13.2 Å². The first-order chi connectivity index (χ1) is 13.8. The minimum Gasteiger partial charge on any atom is -0.379 e. The largest absolute Gasteiger partial charge is 0.379 e. The number of ether oxygens (including phenoxy) is 1. The van der Waals surface area contributed by atoms with Gasteiger partial charge in [-0.15, -0.1) is 10.2 Å². The number of benzene rings is 1. The Labute approximate surface area is 172 Å². The number of carbonyl (C=O) groups excluding carboxylic acids is 2. The summed E-state index contributed by atoms with van der Waals surface area (Å²) in [6.07, 6.45) is 0.0329. The molecule has 0 unspecified atom stereocenters. The highest BCUT2D eigenvalue weighted by atomic mass is 32.2. The molecule has 12 heteroatoms. The number of hydrogen-bond donors (Lipinski definition) is 1. The highest BCUT2D eigenvalue weighted by Gasteiger charge is 2.28. The van der Waals surface area contributed by atoms with E-state index in [0.717, 1.165) is 30.1 Å². The predicted octanol–water partition coefficient (Wildman–Crippen LogP) is 0.601. The average molecular weight is 440 g/mol. The van der Waals surface area contributed by atoms with Crippen molar-refractivity contribution in [3.8, 4) is 0 Å². The molecule has 1 aromatic carbocycles. The molecular weight excluding hydrogens is 418 g/mol. The number of hydrogen-bond acceptors (Lipinski definition) is 9. The number of sulfonamides is 1. The number of anilines is 1. The molecule has 156 valence electrons. The van der Waals surface area contributed by atoms with Crippen molar-refractivity contribution in [1.29, 1.82) is 0 Å². The van der Waals surface area contributed by atoms with Gasteiger partial charge < -0.3 is 4.74 Å². The average Bonchev–Trinajstić information content (AvgIpc) is 3.19. The molecule has 3 rings (SSSR count). The van der Waals surface area contributed by atoms with Crippen LogP contribution >= 0.6 is 11.3 Å². The molecule has 0 spiro atoms. The van der Waals surface area contributed by atoms with Gasteiger partial charge in [-0.2, -0.15) is 0 Å². The van der Waals surface area contributed by atoms with Gasteiger partial charge in [0.1, 0.15) is 0 Å². The van der Waals surface area contributed by atoms with Crippen LogP contribution in [-0.2, 0) is 26.1 Å². The summed E-state index contributed by atoms with van der Waals surface area (Å²) in [7, 11) is -4.08. The van der Waals surface area contributed by atoms with Crippen LogP contribution in [0.5, 0.6) is 0 Å². The number of imide groups is 1. The van der Waals surface area contributed by atoms with Crippen LogP contribution in [-0.4, -0.2) is 61.6 Å². The van der Waals surface area contributed by atoms with Gasteiger partial charge >= 0.3 is 0 Å². The SMILES string of the molecule is CCC(=O)N(C(=O)c1ccc(CN2CCOCC2)cc1)c1nnc(S(N)(=O)=O)s1. The van der Waals surface area contributed by atoms with E-state index in [1.54, 1.807) is 19.1 Å². The maximum absolute atomic E-state index is 12.9. The molecule has 0 bridgehead atoms. The number of rotatable bonds is 6. The van der Waals surface area contributed by atoms with Crippen LogP contribution in [0.1, 0.15) is 29.3 Å². The third-order valence-corrected chi connectivity index (χ3v) is 6.51. The Morgan fingerprint density at radius 1 is 1.21 bits per heavy atom. The van der Waals surface area contributed by atoms with Gasteiger partial charge in [0, 0.05) is 31.6 Å². The molecule has 10 nitrogen and oxygen atoms in total. The molecule has 1 aromatic heterocycles. The Morgan fingerprint density at radius 2 is 1.86 bits per heavy atom. The zero-order valence-corrected chi connectivity index (χ0v) is 17.4. The third-order valence-electron chi connectivity index (χ3n) is 4.30. The summed E-state index contributed by atoms with van der Waals surface area (Å²) in [4.78, 5) is 28.4. The Hall–Kier alpha value is -2.25. The van der Waals surface area contributed by atoms with E-state index >= 15 is 0 Å². The van der Waals surface area contributed by atoms with Gasteiger partial charge in [-0.1, -0.05) is 30.4 Å². The molecule has 2 amide bonds. The van der Waals surface area contributed by atoms with E-state index in [-0.39, 0.29) is 17.1 Å². The quantitative estimate of drug-likeness (QED) is 0.646. The second-order valence-corrected chi connectivity index (χ2v) is 9.06. The Balaban J connectivity index is 1.80. The smallest absolute Gasteiger partial charge is 0.267 e. The Bertz CT molecular complexity index is 984. The lowest BCUT2D eigenvalue weighted by Crippen LogP contribution is -2.36. The monoisotopic (exact) mass is 439 g/mol. The molecule has 1 aliphatic heterocycles. The van der Waals surface area contributed by atoms with Crippen molar-refractivity contribution in [2.75, 3.05) is 31.2 Å². The first-order valence-electron chi connectivity index (χ1n) is 8.92. The number of amides is 2. The summed E-state index contributed by atoms with van der Waals surface area (Å²) < 4.78 is 27.7. The van der Waals surface area contributed by atoms with E-state index in [1.807, 2.05) is 12.1 Å². The molecule has 0 saturated carbocycles. The van der Waals surface area contributed by atoms with Crippen LogP contribution in [0.25, 0.3) is 0 Å². The number of primary sulfonamides is 1. The summed E-state index contributed by atoms with van der Waals surface area (Å²) in [5.41, 5.74) is 1.31. The van der Waals surface area contributed by atoms with Gasteiger partial charge in [-0.25, -0.2) is 18.5 Å². The second kappa shape index (κ2) is 9.05. The van der Waals surface area contributed by atoms with Gasteiger partial charge in [-0.05, 0) is 17.7 Å². The van der Waals surface area contributed by atoms with E-state index in [4.69, 9.17) is 9.88 Å². The van der Waals surface area contributed by atoms with Crippen LogP contribution in [0.15, 0.2) is 28.6 Å². The molecule has 0 radical (unpaired) electrons. The third kappa shape index (κ3) is 5.22. The Morgan fingerprint density at radius 3 is 2.41 bits per heavy atom. The van der Waals surface area contributed by atoms with Crippen molar-refractivity contribution in [1.82, 2.24) is 15.1 Å². The van der Waals surface area contributed by atoms with Crippen LogP contribution in [0.2, 0.25) is 0 Å². The van der Waals surface area contributed by atoms with E-state index in [9.17, 15) is 18.0 Å². The number of carbonyl (C=O) groups is 2. The molecule has 1 saturated heterocycles. The molecule has 0 aliphatic carbocycles. The van der Waals surface area contributed by atoms with Gasteiger partial charge in [-0.3, -0.25) is 14.5 Å². The highest BCUT2D eigenvalue weighted by molar-refractivity contribution is 7.91. The van der Waals surface area contributed by atoms with Crippen LogP contribution in [0.3, 0.4) is 0 Å². The zero-order chi connectivity index (χ0) is 21.0. The summed E-state index contributed by atoms with van der Waals surface area (Å²) in [5, 5.41) is 12.0. The molecule has 2 heterocycles. The van der Waals surface area contributed by atoms with Crippen molar-refractivity contribution in [3.05, 3.63) is 35.4 Å². The second-order valence-electron chi connectivity index (χ2n) is 6.37. The van der Waals surface area contributed by atoms with E-state index in [1.165, 1.54) is 0 Å². The van der Waals surface area contributed by atoms with Crippen molar-refractivity contribution >= 4 is 38.3 Å². The van der Waals surface area contributed by atoms with Crippen molar-refractivity contribution < 1.29 is 22.7 Å². The van der Waals surface area contributed by atoms with Gasteiger partial charge in [0.15, 0.2) is 0 Å². The fraction of sp³-hybridized carbons (Fsp3) is 0.412. The number of aromatic nitrogens is 2. The fourth-order valence-corrected chi connectivity index (χ4v) is 4.21. The maximum Gasteiger partial charge on any atom is 0.267 e. The molecule has 29 heavy (non-hydrogen) atoms. The predicted molar refractivity (Wildman–Crippen MR) is 106 cm³/mol. The van der Waals surface area contributed by atoms with Crippen molar-refractivity contribution in [3.63, 3.8) is 0 Å². The molecular formula is C17H21N5O5S2. The molecule has 2 N–H and O–H groups in total. The molecule has 0 atom stereocenters. The number of nitrogens with zero attached hydrogens (tertiary/aromatic N) is 4. The number of morpholine rings is 1. The summed E-state index contributed by atoms with van der Waals surface area (Å²) in [5.74, 6) is -1.13. The van der Waals surface area contributed by atoms with Gasteiger partial charge in [0.2, 0.25) is 15.4 Å². The van der Waals surface area contributed by atoms with E-state index in [2.05, 4.69) is 15.1 Å². The van der Waals surface area contributed by atoms with Crippen LogP contribution in [0, 0.1) is 0 Å². The Kier molecular flexibility index (Phi) is 6.70. The van der Waals surface area contributed by atoms with Crippen molar-refractivity contribution in [2.45, 2.75) is 24.2 Å². The zero-order valence-electron chi connectivity index (χ0n) is 15.8. The normalized spacial score (nSPS) is 15.2. The highest BCUT2D eigenvalue weighted by Crippen LogP contribution is 2.25. The maximum atomic E-state index is 12.9. The van der Waals surface area contributed by atoms with Crippen molar-refractivity contribution in [2.24, 2.45) is 5.14 Å². The van der Waals surface area contributed by atoms with E-state index in [0.29, 0.717) is 24.6 Å². The molecule has 1 aliphatic rings. The van der Waals surface area contributed by atoms with Gasteiger partial charge in [0.25, 0.3) is 15.9 Å². The van der Waals surface area contributed by atoms with Crippen LogP contribution < -0.4 is 10.0 Å². The molecule has 1 fully saturated rings. The van der Waals surface area contributed by atoms with E-state index < -0.39 is 26.2 Å². The first kappa shape index (κ1) is 21.5.